The van der Waals surface area contributed by atoms with E-state index in [9.17, 15) is 8.78 Å². The molecule has 0 bridgehead atoms. The number of benzene rings is 1. The molecule has 0 heterocycles. The molecule has 0 fully saturated rings. The molecule has 66 valence electrons. The standard InChI is InChI=1S/C8H6Br2F2/c9-7(8(10,11)12)6-4-2-1-3-5-6/h1-5,7H. The highest BCUT2D eigenvalue weighted by Gasteiger charge is 2.35. The van der Waals surface area contributed by atoms with Crippen molar-refractivity contribution in [2.45, 2.75) is 9.66 Å². The molecule has 0 spiro atoms. The zero-order valence-electron chi connectivity index (χ0n) is 5.98. The molecule has 0 aromatic heterocycles. The molecule has 0 saturated carbocycles. The van der Waals surface area contributed by atoms with E-state index in [4.69, 9.17) is 0 Å². The Balaban J connectivity index is 2.86. The second kappa shape index (κ2) is 3.83. The van der Waals surface area contributed by atoms with E-state index >= 15 is 0 Å². The molecular weight excluding hydrogens is 294 g/mol. The fourth-order valence-electron chi connectivity index (χ4n) is 0.811. The minimum atomic E-state index is -2.91. The van der Waals surface area contributed by atoms with Crippen molar-refractivity contribution >= 4 is 31.9 Å². The third-order valence-electron chi connectivity index (χ3n) is 1.38. The van der Waals surface area contributed by atoms with Gasteiger partial charge in [-0.05, 0) is 21.5 Å². The first kappa shape index (κ1) is 10.1. The van der Waals surface area contributed by atoms with Gasteiger partial charge in [-0.3, -0.25) is 0 Å². The van der Waals surface area contributed by atoms with Gasteiger partial charge in [0.15, 0.2) is 0 Å². The first-order chi connectivity index (χ1) is 5.52. The first-order valence-electron chi connectivity index (χ1n) is 3.27. The Bertz CT molecular complexity index is 243. The number of alkyl halides is 4. The van der Waals surface area contributed by atoms with Crippen LogP contribution >= 0.6 is 31.9 Å². The molecule has 0 aliphatic heterocycles. The van der Waals surface area contributed by atoms with Crippen molar-refractivity contribution in [1.29, 1.82) is 0 Å². The maximum Gasteiger partial charge on any atom is 0.317 e. The van der Waals surface area contributed by atoms with Crippen molar-refractivity contribution in [3.63, 3.8) is 0 Å². The summed E-state index contributed by atoms with van der Waals surface area (Å²) in [4.78, 5) is -3.89. The largest absolute Gasteiger partial charge is 0.317 e. The van der Waals surface area contributed by atoms with Crippen molar-refractivity contribution in [1.82, 2.24) is 0 Å². The van der Waals surface area contributed by atoms with Gasteiger partial charge in [0, 0.05) is 0 Å². The molecular formula is C8H6Br2F2. The Hall–Kier alpha value is 0.0400. The van der Waals surface area contributed by atoms with Crippen molar-refractivity contribution in [2.75, 3.05) is 0 Å². The lowest BCUT2D eigenvalue weighted by Gasteiger charge is -2.15. The molecule has 1 aromatic carbocycles. The van der Waals surface area contributed by atoms with E-state index in [-0.39, 0.29) is 0 Å². The Morgan fingerprint density at radius 2 is 1.67 bits per heavy atom. The molecule has 1 rings (SSSR count). The van der Waals surface area contributed by atoms with E-state index in [1.165, 1.54) is 0 Å². The van der Waals surface area contributed by atoms with Crippen LogP contribution < -0.4 is 0 Å². The van der Waals surface area contributed by atoms with E-state index in [1.54, 1.807) is 30.3 Å². The average Bonchev–Trinajstić information content (AvgIpc) is 2.03. The summed E-state index contributed by atoms with van der Waals surface area (Å²) in [7, 11) is 0. The quantitative estimate of drug-likeness (QED) is 0.721. The fraction of sp³-hybridized carbons (Fsp3) is 0.250. The smallest absolute Gasteiger partial charge is 0.192 e. The predicted octanol–water partition coefficient (Wildman–Crippen LogP) is 4.11. The summed E-state index contributed by atoms with van der Waals surface area (Å²) in [5.41, 5.74) is 0.555. The van der Waals surface area contributed by atoms with E-state index in [0.29, 0.717) is 5.56 Å². The van der Waals surface area contributed by atoms with Gasteiger partial charge in [-0.15, -0.1) is 0 Å². The van der Waals surface area contributed by atoms with Crippen molar-refractivity contribution in [3.8, 4) is 0 Å². The van der Waals surface area contributed by atoms with E-state index in [2.05, 4.69) is 31.9 Å². The molecule has 1 aromatic rings. The number of halogens is 4. The summed E-state index contributed by atoms with van der Waals surface area (Å²) < 4.78 is 25.3. The van der Waals surface area contributed by atoms with Crippen LogP contribution in [0.2, 0.25) is 0 Å². The van der Waals surface area contributed by atoms with E-state index in [1.807, 2.05) is 0 Å². The molecule has 0 saturated heterocycles. The summed E-state index contributed by atoms with van der Waals surface area (Å²) in [5, 5.41) is 0. The molecule has 12 heavy (non-hydrogen) atoms. The average molecular weight is 300 g/mol. The Morgan fingerprint density at radius 3 is 2.08 bits per heavy atom. The van der Waals surface area contributed by atoms with Gasteiger partial charge in [-0.2, -0.15) is 8.78 Å². The SMILES string of the molecule is FC(F)(Br)C(Br)c1ccccc1. The summed E-state index contributed by atoms with van der Waals surface area (Å²) in [6.07, 6.45) is 0. The summed E-state index contributed by atoms with van der Waals surface area (Å²) in [6, 6.07) is 8.53. The lowest BCUT2D eigenvalue weighted by molar-refractivity contribution is 0.114. The van der Waals surface area contributed by atoms with Crippen molar-refractivity contribution in [3.05, 3.63) is 35.9 Å². The molecule has 0 nitrogen and oxygen atoms in total. The number of rotatable bonds is 2. The van der Waals surface area contributed by atoms with Gasteiger partial charge in [-0.1, -0.05) is 46.3 Å². The van der Waals surface area contributed by atoms with Gasteiger partial charge in [0.2, 0.25) is 0 Å². The molecule has 0 aliphatic carbocycles. The van der Waals surface area contributed by atoms with Gasteiger partial charge in [-0.25, -0.2) is 0 Å². The summed E-state index contributed by atoms with van der Waals surface area (Å²) >= 11 is 5.21. The normalized spacial score (nSPS) is 14.3. The summed E-state index contributed by atoms with van der Waals surface area (Å²) in [5.74, 6) is 0. The molecule has 4 heteroatoms. The zero-order valence-corrected chi connectivity index (χ0v) is 9.15. The van der Waals surface area contributed by atoms with Crippen LogP contribution in [-0.4, -0.2) is 4.83 Å². The lowest BCUT2D eigenvalue weighted by atomic mass is 10.2. The lowest BCUT2D eigenvalue weighted by Crippen LogP contribution is -2.12. The van der Waals surface area contributed by atoms with Crippen LogP contribution in [0.1, 0.15) is 10.4 Å². The predicted molar refractivity (Wildman–Crippen MR) is 52.0 cm³/mol. The minimum Gasteiger partial charge on any atom is -0.192 e. The number of hydrogen-bond donors (Lipinski definition) is 0. The van der Waals surface area contributed by atoms with E-state index in [0.717, 1.165) is 0 Å². The Morgan fingerprint density at radius 1 is 1.17 bits per heavy atom. The second-order valence-electron chi connectivity index (χ2n) is 2.31. The monoisotopic (exact) mass is 298 g/mol. The van der Waals surface area contributed by atoms with Crippen LogP contribution in [0, 0.1) is 0 Å². The third kappa shape index (κ3) is 2.52. The Kier molecular flexibility index (Phi) is 3.23. The van der Waals surface area contributed by atoms with Crippen LogP contribution in [0.5, 0.6) is 0 Å². The molecule has 0 N–H and O–H groups in total. The van der Waals surface area contributed by atoms with E-state index < -0.39 is 9.66 Å². The van der Waals surface area contributed by atoms with Crippen LogP contribution in [0.25, 0.3) is 0 Å². The third-order valence-corrected chi connectivity index (χ3v) is 3.56. The Labute approximate surface area is 86.2 Å². The highest BCUT2D eigenvalue weighted by Crippen LogP contribution is 2.42. The highest BCUT2D eigenvalue weighted by molar-refractivity contribution is 9.12. The molecule has 0 aliphatic rings. The minimum absolute atomic E-state index is 0.555. The van der Waals surface area contributed by atoms with Gasteiger partial charge in [0.25, 0.3) is 0 Å². The van der Waals surface area contributed by atoms with Crippen LogP contribution in [0.4, 0.5) is 8.78 Å². The van der Waals surface area contributed by atoms with Crippen LogP contribution in [0.3, 0.4) is 0 Å². The maximum absolute atomic E-state index is 12.7. The summed E-state index contributed by atoms with van der Waals surface area (Å²) in [6.45, 7) is 0. The van der Waals surface area contributed by atoms with Crippen molar-refractivity contribution < 1.29 is 8.78 Å². The molecule has 0 amide bonds. The first-order valence-corrected chi connectivity index (χ1v) is 4.98. The topological polar surface area (TPSA) is 0 Å². The molecule has 1 atom stereocenters. The number of hydrogen-bond acceptors (Lipinski definition) is 0. The maximum atomic E-state index is 12.7. The van der Waals surface area contributed by atoms with Gasteiger partial charge >= 0.3 is 4.83 Å². The highest BCUT2D eigenvalue weighted by atomic mass is 79.9. The van der Waals surface area contributed by atoms with Crippen LogP contribution in [0.15, 0.2) is 30.3 Å². The molecule has 0 radical (unpaired) electrons. The van der Waals surface area contributed by atoms with Crippen molar-refractivity contribution in [2.24, 2.45) is 0 Å². The van der Waals surface area contributed by atoms with Gasteiger partial charge < -0.3 is 0 Å². The second-order valence-corrected chi connectivity index (χ2v) is 4.29. The zero-order chi connectivity index (χ0) is 9.19. The van der Waals surface area contributed by atoms with Gasteiger partial charge in [0.1, 0.15) is 4.83 Å². The molecule has 1 unspecified atom stereocenters. The van der Waals surface area contributed by atoms with Crippen LogP contribution in [-0.2, 0) is 0 Å². The van der Waals surface area contributed by atoms with Gasteiger partial charge in [0.05, 0.1) is 0 Å². The fourth-order valence-corrected chi connectivity index (χ4v) is 1.38.